The van der Waals surface area contributed by atoms with Gasteiger partial charge in [-0.25, -0.2) is 4.98 Å². The number of hydrogen-bond donors (Lipinski definition) is 1. The van der Waals surface area contributed by atoms with Crippen molar-refractivity contribution in [3.63, 3.8) is 0 Å². The Morgan fingerprint density at radius 2 is 2.23 bits per heavy atom. The molecule has 2 atom stereocenters. The van der Waals surface area contributed by atoms with E-state index in [0.29, 0.717) is 28.3 Å². The third-order valence-electron chi connectivity index (χ3n) is 5.12. The normalized spacial score (nSPS) is 30.6. The molecule has 3 saturated heterocycles. The average molecular weight is 320 g/mol. The van der Waals surface area contributed by atoms with E-state index in [2.05, 4.69) is 22.1 Å². The maximum absolute atomic E-state index is 12.5. The van der Waals surface area contributed by atoms with E-state index in [4.69, 9.17) is 16.0 Å². The topological polar surface area (TPSA) is 58.4 Å². The first-order valence-electron chi connectivity index (χ1n) is 7.71. The number of nitrogens with one attached hydrogen (secondary N) is 1. The zero-order valence-electron chi connectivity index (χ0n) is 12.4. The Labute approximate surface area is 133 Å². The Morgan fingerprint density at radius 1 is 1.45 bits per heavy atom. The molecule has 0 aromatic carbocycles. The van der Waals surface area contributed by atoms with E-state index >= 15 is 0 Å². The zero-order valence-corrected chi connectivity index (χ0v) is 13.1. The number of fused-ring (bicyclic) bond motifs is 4. The van der Waals surface area contributed by atoms with Crippen LogP contribution in [0.4, 0.5) is 0 Å². The van der Waals surface area contributed by atoms with Crippen molar-refractivity contribution in [2.75, 3.05) is 13.1 Å². The first-order chi connectivity index (χ1) is 10.6. The Morgan fingerprint density at radius 3 is 2.95 bits per heavy atom. The summed E-state index contributed by atoms with van der Waals surface area (Å²) in [5, 5.41) is 4.40. The number of carbonyl (C=O) groups excluding carboxylic acids is 1. The van der Waals surface area contributed by atoms with Crippen molar-refractivity contribution in [3.05, 3.63) is 29.2 Å². The van der Waals surface area contributed by atoms with Crippen molar-refractivity contribution >= 4 is 28.5 Å². The van der Waals surface area contributed by atoms with Crippen LogP contribution in [0.15, 0.2) is 22.9 Å². The maximum atomic E-state index is 12.5. The highest BCUT2D eigenvalue weighted by molar-refractivity contribution is 6.35. The lowest BCUT2D eigenvalue weighted by Gasteiger charge is -2.49. The van der Waals surface area contributed by atoms with Gasteiger partial charge >= 0.3 is 0 Å². The lowest BCUT2D eigenvalue weighted by Crippen LogP contribution is -2.62. The lowest BCUT2D eigenvalue weighted by atomic mass is 9.79. The molecule has 1 N–H and O–H groups in total. The summed E-state index contributed by atoms with van der Waals surface area (Å²) in [6.07, 6.45) is 5.34. The predicted molar refractivity (Wildman–Crippen MR) is 84.0 cm³/mol. The molecule has 3 fully saturated rings. The molecule has 5 heterocycles. The Bertz CT molecular complexity index is 719. The van der Waals surface area contributed by atoms with Crippen LogP contribution in [0, 0.1) is 5.92 Å². The van der Waals surface area contributed by atoms with Crippen LogP contribution in [0.5, 0.6) is 0 Å². The largest absolute Gasteiger partial charge is 0.461 e. The van der Waals surface area contributed by atoms with Crippen LogP contribution in [0.2, 0.25) is 5.02 Å². The fourth-order valence-electron chi connectivity index (χ4n) is 3.80. The third-order valence-corrected chi connectivity index (χ3v) is 5.41. The highest BCUT2D eigenvalue weighted by Gasteiger charge is 2.40. The van der Waals surface area contributed by atoms with Crippen LogP contribution in [0.25, 0.3) is 11.0 Å². The summed E-state index contributed by atoms with van der Waals surface area (Å²) < 4.78 is 5.26. The average Bonchev–Trinajstić information content (AvgIpc) is 2.92. The quantitative estimate of drug-likeness (QED) is 0.924. The second kappa shape index (κ2) is 5.25. The molecule has 2 aromatic heterocycles. The van der Waals surface area contributed by atoms with Gasteiger partial charge in [0.15, 0.2) is 5.58 Å². The van der Waals surface area contributed by atoms with Gasteiger partial charge in [-0.1, -0.05) is 11.6 Å². The van der Waals surface area contributed by atoms with Crippen molar-refractivity contribution in [3.8, 4) is 0 Å². The second-order valence-electron chi connectivity index (χ2n) is 6.26. The van der Waals surface area contributed by atoms with Crippen molar-refractivity contribution in [1.29, 1.82) is 0 Å². The highest BCUT2D eigenvalue weighted by atomic mass is 35.5. The van der Waals surface area contributed by atoms with Gasteiger partial charge in [-0.2, -0.15) is 0 Å². The van der Waals surface area contributed by atoms with Gasteiger partial charge in [0.1, 0.15) is 12.0 Å². The second-order valence-corrected chi connectivity index (χ2v) is 6.67. The van der Waals surface area contributed by atoms with Crippen LogP contribution in [0.3, 0.4) is 0 Å². The van der Waals surface area contributed by atoms with E-state index in [0.717, 1.165) is 31.3 Å². The van der Waals surface area contributed by atoms with E-state index in [1.807, 2.05) is 0 Å². The Balaban J connectivity index is 1.57. The zero-order chi connectivity index (χ0) is 15.3. The number of rotatable bonds is 2. The van der Waals surface area contributed by atoms with Gasteiger partial charge in [0.05, 0.1) is 11.2 Å². The Hall–Kier alpha value is -1.59. The molecule has 116 valence electrons. The summed E-state index contributed by atoms with van der Waals surface area (Å²) in [5.41, 5.74) is 0.984. The molecule has 22 heavy (non-hydrogen) atoms. The molecule has 0 spiro atoms. The summed E-state index contributed by atoms with van der Waals surface area (Å²) in [6.45, 7) is 4.49. The van der Waals surface area contributed by atoms with Crippen molar-refractivity contribution in [1.82, 2.24) is 15.2 Å². The third kappa shape index (κ3) is 2.20. The van der Waals surface area contributed by atoms with E-state index in [9.17, 15) is 4.79 Å². The smallest absolute Gasteiger partial charge is 0.270 e. The molecule has 3 aliphatic rings. The van der Waals surface area contributed by atoms with E-state index < -0.39 is 0 Å². The van der Waals surface area contributed by atoms with Gasteiger partial charge in [0, 0.05) is 17.5 Å². The minimum atomic E-state index is -0.134. The number of pyridine rings is 1. The van der Waals surface area contributed by atoms with Gasteiger partial charge < -0.3 is 9.73 Å². The van der Waals surface area contributed by atoms with Gasteiger partial charge in [-0.15, -0.1) is 0 Å². The highest BCUT2D eigenvalue weighted by Crippen LogP contribution is 2.32. The number of nitrogens with zero attached hydrogens (tertiary/aromatic N) is 2. The molecular formula is C16H18ClN3O2. The number of halogens is 1. The summed E-state index contributed by atoms with van der Waals surface area (Å²) in [6, 6.07) is 2.28. The summed E-state index contributed by atoms with van der Waals surface area (Å²) in [4.78, 5) is 19.2. The van der Waals surface area contributed by atoms with E-state index in [1.54, 1.807) is 12.3 Å². The summed E-state index contributed by atoms with van der Waals surface area (Å²) in [7, 11) is 0. The number of amides is 1. The number of piperidine rings is 3. The first kappa shape index (κ1) is 14.0. The van der Waals surface area contributed by atoms with E-state index in [-0.39, 0.29) is 11.9 Å². The molecule has 1 amide bonds. The molecule has 0 saturated carbocycles. The molecule has 6 heteroatoms. The summed E-state index contributed by atoms with van der Waals surface area (Å²) >= 11 is 6.06. The van der Waals surface area contributed by atoms with Gasteiger partial charge in [0.25, 0.3) is 5.91 Å². The van der Waals surface area contributed by atoms with Gasteiger partial charge in [-0.05, 0) is 44.8 Å². The SMILES string of the molecule is CC1C(NC(=O)c2cc3c(Cl)coc3cn2)C2CCN1CC2. The van der Waals surface area contributed by atoms with Crippen LogP contribution in [-0.2, 0) is 0 Å². The van der Waals surface area contributed by atoms with Crippen molar-refractivity contribution in [2.24, 2.45) is 5.92 Å². The van der Waals surface area contributed by atoms with Crippen LogP contribution in [-0.4, -0.2) is 41.0 Å². The molecule has 3 aliphatic heterocycles. The van der Waals surface area contributed by atoms with Crippen LogP contribution in [0.1, 0.15) is 30.3 Å². The molecule has 0 radical (unpaired) electrons. The van der Waals surface area contributed by atoms with Crippen LogP contribution < -0.4 is 5.32 Å². The maximum Gasteiger partial charge on any atom is 0.270 e. The lowest BCUT2D eigenvalue weighted by molar-refractivity contribution is 0.0216. The van der Waals surface area contributed by atoms with Gasteiger partial charge in [0.2, 0.25) is 0 Å². The minimum absolute atomic E-state index is 0.134. The number of hydrogen-bond acceptors (Lipinski definition) is 4. The van der Waals surface area contributed by atoms with Crippen LogP contribution >= 0.6 is 11.6 Å². The molecule has 2 unspecified atom stereocenters. The monoisotopic (exact) mass is 319 g/mol. The first-order valence-corrected chi connectivity index (χ1v) is 8.09. The Kier molecular flexibility index (Phi) is 3.35. The summed E-state index contributed by atoms with van der Waals surface area (Å²) in [5.74, 6) is 0.440. The minimum Gasteiger partial charge on any atom is -0.461 e. The standard InChI is InChI=1S/C16H18ClN3O2/c1-9-15(10-2-4-20(9)5-3-10)19-16(21)13-6-11-12(17)8-22-14(11)7-18-13/h6-10,15H,2-5H2,1H3,(H,19,21). The molecular weight excluding hydrogens is 302 g/mol. The fraction of sp³-hybridized carbons (Fsp3) is 0.500. The molecule has 2 aromatic rings. The van der Waals surface area contributed by atoms with Gasteiger partial charge in [-0.3, -0.25) is 9.69 Å². The fourth-order valence-corrected chi connectivity index (χ4v) is 3.99. The molecule has 5 rings (SSSR count). The number of aromatic nitrogens is 1. The number of furan rings is 1. The van der Waals surface area contributed by atoms with E-state index in [1.165, 1.54) is 6.26 Å². The molecule has 2 bridgehead atoms. The molecule has 5 nitrogen and oxygen atoms in total. The van der Waals surface area contributed by atoms with Crippen molar-refractivity contribution < 1.29 is 9.21 Å². The number of carbonyl (C=O) groups is 1. The van der Waals surface area contributed by atoms with Crippen molar-refractivity contribution in [2.45, 2.75) is 31.8 Å². The predicted octanol–water partition coefficient (Wildman–Crippen LogP) is 2.69. The molecule has 0 aliphatic carbocycles.